The summed E-state index contributed by atoms with van der Waals surface area (Å²) in [5.74, 6) is 0.276. The van der Waals surface area contributed by atoms with Crippen LogP contribution < -0.4 is 26.6 Å². The van der Waals surface area contributed by atoms with Crippen molar-refractivity contribution < 1.29 is 9.53 Å². The molecule has 0 unspecified atom stereocenters. The molecule has 3 N–H and O–H groups in total. The Kier molecular flexibility index (Phi) is 7.20. The number of unbranched alkanes of at least 4 members (excludes halogenated alkanes) is 1. The minimum atomic E-state index is -0.822. The molecule has 8 heteroatoms. The lowest BCUT2D eigenvalue weighted by Gasteiger charge is -2.32. The van der Waals surface area contributed by atoms with Crippen LogP contribution in [0, 0.1) is 6.92 Å². The quantitative estimate of drug-likeness (QED) is 0.672. The first kappa shape index (κ1) is 22.7. The highest BCUT2D eigenvalue weighted by molar-refractivity contribution is 5.99. The number of rotatable bonds is 8. The predicted octanol–water partition coefficient (Wildman–Crippen LogP) is 2.97. The molecule has 1 heterocycles. The van der Waals surface area contributed by atoms with Crippen molar-refractivity contribution in [1.29, 1.82) is 0 Å². The minimum absolute atomic E-state index is 0.0326. The number of hydrogen-bond acceptors (Lipinski definition) is 5. The summed E-state index contributed by atoms with van der Waals surface area (Å²) >= 11 is 0. The summed E-state index contributed by atoms with van der Waals surface area (Å²) in [6.45, 7) is 6.01. The fraction of sp³-hybridized carbons (Fsp3) is 0.522. The van der Waals surface area contributed by atoms with Crippen LogP contribution in [0.2, 0.25) is 0 Å². The number of aromatic nitrogens is 2. The second-order valence-electron chi connectivity index (χ2n) is 8.22. The molecular weight excluding hydrogens is 396 g/mol. The van der Waals surface area contributed by atoms with E-state index in [0.717, 1.165) is 44.1 Å². The molecule has 8 nitrogen and oxygen atoms in total. The molecule has 1 aromatic carbocycles. The van der Waals surface area contributed by atoms with Gasteiger partial charge in [-0.2, -0.15) is 0 Å². The highest BCUT2D eigenvalue weighted by Gasteiger charge is 2.35. The molecule has 1 fully saturated rings. The van der Waals surface area contributed by atoms with Gasteiger partial charge in [0, 0.05) is 12.6 Å². The van der Waals surface area contributed by atoms with Gasteiger partial charge < -0.3 is 10.5 Å². The van der Waals surface area contributed by atoms with Crippen LogP contribution in [0.4, 0.5) is 11.5 Å². The molecule has 2 aromatic rings. The number of aryl methyl sites for hydroxylation is 1. The van der Waals surface area contributed by atoms with Crippen LogP contribution in [0.25, 0.3) is 0 Å². The van der Waals surface area contributed by atoms with Crippen molar-refractivity contribution in [1.82, 2.24) is 9.55 Å². The van der Waals surface area contributed by atoms with Crippen LogP contribution >= 0.6 is 0 Å². The standard InChI is InChI=1S/C23H32N4O4/c1-4-5-13-26-20(24)19(21(28)25-23(26)30)27(17-10-6-7-11-17)22(29)16(3)31-18-12-8-9-15(2)14-18/h8-9,12,14,16-17H,4-7,10-11,13,24H2,1-3H3,(H,25,28,30)/t16-/m0/s1. The number of nitrogen functional groups attached to an aromatic ring is 1. The van der Waals surface area contributed by atoms with Gasteiger partial charge in [0.15, 0.2) is 11.8 Å². The zero-order chi connectivity index (χ0) is 22.5. The van der Waals surface area contributed by atoms with E-state index in [4.69, 9.17) is 10.5 Å². The number of carbonyl (C=O) groups is 1. The van der Waals surface area contributed by atoms with Gasteiger partial charge in [-0.15, -0.1) is 0 Å². The zero-order valence-corrected chi connectivity index (χ0v) is 18.5. The summed E-state index contributed by atoms with van der Waals surface area (Å²) in [5, 5.41) is 0. The van der Waals surface area contributed by atoms with E-state index in [1.54, 1.807) is 13.0 Å². The predicted molar refractivity (Wildman–Crippen MR) is 122 cm³/mol. The Bertz CT molecular complexity index is 1040. The van der Waals surface area contributed by atoms with Crippen molar-refractivity contribution >= 4 is 17.4 Å². The highest BCUT2D eigenvalue weighted by Crippen LogP contribution is 2.30. The monoisotopic (exact) mass is 428 g/mol. The largest absolute Gasteiger partial charge is 0.481 e. The first-order chi connectivity index (χ1) is 14.8. The summed E-state index contributed by atoms with van der Waals surface area (Å²) in [5.41, 5.74) is 6.19. The number of nitrogens with zero attached hydrogens (tertiary/aromatic N) is 2. The number of anilines is 2. The van der Waals surface area contributed by atoms with Crippen molar-refractivity contribution in [3.8, 4) is 5.75 Å². The third-order valence-electron chi connectivity index (χ3n) is 5.77. The summed E-state index contributed by atoms with van der Waals surface area (Å²) in [6, 6.07) is 7.31. The average Bonchev–Trinajstić information content (AvgIpc) is 3.24. The van der Waals surface area contributed by atoms with E-state index in [2.05, 4.69) is 4.98 Å². The topological polar surface area (TPSA) is 110 Å². The van der Waals surface area contributed by atoms with E-state index >= 15 is 0 Å². The molecule has 31 heavy (non-hydrogen) atoms. The minimum Gasteiger partial charge on any atom is -0.481 e. The number of nitrogens with one attached hydrogen (secondary N) is 1. The first-order valence-corrected chi connectivity index (χ1v) is 11.0. The van der Waals surface area contributed by atoms with Crippen molar-refractivity contribution in [2.75, 3.05) is 10.6 Å². The fourth-order valence-corrected chi connectivity index (χ4v) is 4.12. The molecule has 168 valence electrons. The summed E-state index contributed by atoms with van der Waals surface area (Å²) in [7, 11) is 0. The lowest BCUT2D eigenvalue weighted by molar-refractivity contribution is -0.125. The third-order valence-corrected chi connectivity index (χ3v) is 5.77. The Hall–Kier alpha value is -3.03. The number of aromatic amines is 1. The van der Waals surface area contributed by atoms with Crippen molar-refractivity contribution in [2.24, 2.45) is 0 Å². The molecule has 1 aliphatic carbocycles. The maximum Gasteiger partial charge on any atom is 0.330 e. The van der Waals surface area contributed by atoms with Gasteiger partial charge >= 0.3 is 5.69 Å². The number of nitrogens with two attached hydrogens (primary N) is 1. The highest BCUT2D eigenvalue weighted by atomic mass is 16.5. The molecule has 1 saturated carbocycles. The first-order valence-electron chi connectivity index (χ1n) is 11.0. The Labute approximate surface area is 182 Å². The van der Waals surface area contributed by atoms with Gasteiger partial charge in [0.25, 0.3) is 11.5 Å². The maximum absolute atomic E-state index is 13.5. The average molecular weight is 429 g/mol. The van der Waals surface area contributed by atoms with Crippen molar-refractivity contribution in [3.63, 3.8) is 0 Å². The Morgan fingerprint density at radius 1 is 1.32 bits per heavy atom. The van der Waals surface area contributed by atoms with Crippen LogP contribution in [-0.4, -0.2) is 27.6 Å². The van der Waals surface area contributed by atoms with E-state index in [1.807, 2.05) is 32.0 Å². The molecule has 0 saturated heterocycles. The number of carbonyl (C=O) groups excluding carboxylic acids is 1. The number of hydrogen-bond donors (Lipinski definition) is 2. The van der Waals surface area contributed by atoms with Gasteiger partial charge in [0.1, 0.15) is 11.6 Å². The Morgan fingerprint density at radius 2 is 2.03 bits per heavy atom. The van der Waals surface area contributed by atoms with Gasteiger partial charge in [-0.1, -0.05) is 38.3 Å². The van der Waals surface area contributed by atoms with Crippen molar-refractivity contribution in [3.05, 3.63) is 50.7 Å². The molecule has 1 atom stereocenters. The van der Waals surface area contributed by atoms with E-state index in [0.29, 0.717) is 12.3 Å². The van der Waals surface area contributed by atoms with Gasteiger partial charge in [0.2, 0.25) is 0 Å². The number of ether oxygens (including phenoxy) is 1. The Morgan fingerprint density at radius 3 is 2.68 bits per heavy atom. The van der Waals surface area contributed by atoms with Crippen LogP contribution in [0.15, 0.2) is 33.9 Å². The lowest BCUT2D eigenvalue weighted by Crippen LogP contribution is -2.50. The maximum atomic E-state index is 13.5. The molecular formula is C23H32N4O4. The van der Waals surface area contributed by atoms with Crippen molar-refractivity contribution in [2.45, 2.75) is 78.0 Å². The number of H-pyrrole nitrogens is 1. The van der Waals surface area contributed by atoms with E-state index in [9.17, 15) is 14.4 Å². The van der Waals surface area contributed by atoms with Crippen LogP contribution in [-0.2, 0) is 11.3 Å². The fourth-order valence-electron chi connectivity index (χ4n) is 4.12. The van der Waals surface area contributed by atoms with Crippen LogP contribution in [0.5, 0.6) is 5.75 Å². The summed E-state index contributed by atoms with van der Waals surface area (Å²) in [6.07, 6.45) is 4.26. The van der Waals surface area contributed by atoms with Gasteiger partial charge in [-0.05, 0) is 50.8 Å². The third kappa shape index (κ3) is 5.00. The summed E-state index contributed by atoms with van der Waals surface area (Å²) in [4.78, 5) is 42.5. The van der Waals surface area contributed by atoms with Gasteiger partial charge in [0.05, 0.1) is 0 Å². The van der Waals surface area contributed by atoms with Gasteiger partial charge in [-0.3, -0.25) is 24.0 Å². The molecule has 1 aromatic heterocycles. The molecule has 0 bridgehead atoms. The molecule has 0 spiro atoms. The van der Waals surface area contributed by atoms with Crippen LogP contribution in [0.3, 0.4) is 0 Å². The van der Waals surface area contributed by atoms with Crippen LogP contribution in [0.1, 0.15) is 57.9 Å². The van der Waals surface area contributed by atoms with Gasteiger partial charge in [-0.25, -0.2) is 4.79 Å². The number of benzene rings is 1. The molecule has 0 aliphatic heterocycles. The van der Waals surface area contributed by atoms with E-state index < -0.39 is 17.4 Å². The molecule has 1 amide bonds. The lowest BCUT2D eigenvalue weighted by atomic mass is 10.1. The van der Waals surface area contributed by atoms with E-state index in [-0.39, 0.29) is 23.5 Å². The molecule has 0 radical (unpaired) electrons. The normalized spacial score (nSPS) is 15.1. The molecule has 3 rings (SSSR count). The second-order valence-corrected chi connectivity index (χ2v) is 8.22. The smallest absolute Gasteiger partial charge is 0.330 e. The zero-order valence-electron chi connectivity index (χ0n) is 18.5. The second kappa shape index (κ2) is 9.85. The number of amides is 1. The summed E-state index contributed by atoms with van der Waals surface area (Å²) < 4.78 is 7.25. The molecule has 1 aliphatic rings. The Balaban J connectivity index is 2.00. The SMILES string of the molecule is CCCCn1c(N)c(N(C(=O)[C@H](C)Oc2cccc(C)c2)C2CCCC2)c(=O)[nH]c1=O. The van der Waals surface area contributed by atoms with E-state index in [1.165, 1.54) is 9.47 Å².